The molecule has 1 amide bonds. The lowest BCUT2D eigenvalue weighted by molar-refractivity contribution is -0.129. The van der Waals surface area contributed by atoms with Gasteiger partial charge in [-0.15, -0.1) is 0 Å². The highest BCUT2D eigenvalue weighted by Gasteiger charge is 2.25. The van der Waals surface area contributed by atoms with Crippen molar-refractivity contribution in [1.82, 2.24) is 5.48 Å². The number of nitrogens with zero attached hydrogens (tertiary/aromatic N) is 1. The second-order valence-electron chi connectivity index (χ2n) is 5.57. The number of carbonyl (C=O) groups is 1. The van der Waals surface area contributed by atoms with Crippen LogP contribution < -0.4 is 10.4 Å². The molecule has 114 valence electrons. The number of hydrogen-bond acceptors (Lipinski definition) is 3. The van der Waals surface area contributed by atoms with Crippen LogP contribution >= 0.6 is 0 Å². The van der Waals surface area contributed by atoms with Gasteiger partial charge in [0.2, 0.25) is 5.91 Å². The lowest BCUT2D eigenvalue weighted by atomic mass is 9.97. The van der Waals surface area contributed by atoms with Crippen molar-refractivity contribution in [3.05, 3.63) is 59.7 Å². The molecule has 4 heteroatoms. The number of rotatable bonds is 4. The number of hydroxylamine groups is 1. The van der Waals surface area contributed by atoms with Crippen molar-refractivity contribution in [3.8, 4) is 0 Å². The number of anilines is 1. The average Bonchev–Trinajstić information content (AvgIpc) is 2.72. The molecule has 1 aliphatic heterocycles. The number of allylic oxidation sites excluding steroid dienone is 2. The molecule has 0 saturated heterocycles. The highest BCUT2D eigenvalue weighted by molar-refractivity contribution is 5.75. The monoisotopic (exact) mass is 296 g/mol. The molecule has 22 heavy (non-hydrogen) atoms. The van der Waals surface area contributed by atoms with Gasteiger partial charge in [-0.3, -0.25) is 10.0 Å². The van der Waals surface area contributed by atoms with Crippen molar-refractivity contribution < 1.29 is 10.0 Å². The molecule has 1 aromatic carbocycles. The predicted molar refractivity (Wildman–Crippen MR) is 87.6 cm³/mol. The minimum atomic E-state index is -0.333. The first kappa shape index (κ1) is 14.6. The van der Waals surface area contributed by atoms with Crippen LogP contribution in [0.15, 0.2) is 54.1 Å². The Morgan fingerprint density at radius 2 is 2.18 bits per heavy atom. The van der Waals surface area contributed by atoms with Gasteiger partial charge < -0.3 is 4.90 Å². The first-order valence-corrected chi connectivity index (χ1v) is 7.63. The molecular weight excluding hydrogens is 276 g/mol. The quantitative estimate of drug-likeness (QED) is 0.663. The van der Waals surface area contributed by atoms with Gasteiger partial charge in [0.05, 0.1) is 6.04 Å². The molecule has 0 bridgehead atoms. The van der Waals surface area contributed by atoms with Crippen molar-refractivity contribution >= 4 is 17.7 Å². The van der Waals surface area contributed by atoms with Crippen molar-refractivity contribution in [2.24, 2.45) is 0 Å². The highest BCUT2D eigenvalue weighted by Crippen LogP contribution is 2.33. The van der Waals surface area contributed by atoms with Crippen LogP contribution in [0.25, 0.3) is 6.08 Å². The Balaban J connectivity index is 1.85. The molecule has 0 spiro atoms. The standard InChI is InChI=1S/C18H20N2O2/c21-18(19-22)10-5-13-20-16-8-3-1-6-14(16)11-12-15-7-2-4-9-17(15)20/h1-4,6-8,11-12,17,22H,5,9-10,13H2,(H,19,21). The molecule has 0 fully saturated rings. The molecule has 2 N–H and O–H groups in total. The Hall–Kier alpha value is -2.33. The van der Waals surface area contributed by atoms with Crippen LogP contribution in [0.3, 0.4) is 0 Å². The second-order valence-corrected chi connectivity index (χ2v) is 5.57. The maximum absolute atomic E-state index is 11.2. The maximum atomic E-state index is 11.2. The normalized spacial score (nSPS) is 19.0. The molecule has 1 heterocycles. The Labute approximate surface area is 130 Å². The third-order valence-corrected chi connectivity index (χ3v) is 4.17. The number of amides is 1. The molecule has 2 aliphatic rings. The van der Waals surface area contributed by atoms with Gasteiger partial charge in [-0.1, -0.05) is 48.6 Å². The van der Waals surface area contributed by atoms with E-state index < -0.39 is 0 Å². The van der Waals surface area contributed by atoms with E-state index in [0.717, 1.165) is 13.0 Å². The van der Waals surface area contributed by atoms with Gasteiger partial charge in [0.1, 0.15) is 0 Å². The third kappa shape index (κ3) is 2.97. The fourth-order valence-electron chi connectivity index (χ4n) is 3.09. The van der Waals surface area contributed by atoms with E-state index in [4.69, 9.17) is 5.21 Å². The summed E-state index contributed by atoms with van der Waals surface area (Å²) >= 11 is 0. The van der Waals surface area contributed by atoms with Gasteiger partial charge >= 0.3 is 0 Å². The summed E-state index contributed by atoms with van der Waals surface area (Å²) in [5, 5.41) is 8.62. The van der Waals surface area contributed by atoms with Gasteiger partial charge in [0, 0.05) is 18.7 Å². The van der Waals surface area contributed by atoms with Gasteiger partial charge in [-0.25, -0.2) is 5.48 Å². The average molecular weight is 296 g/mol. The molecule has 1 atom stereocenters. The zero-order valence-electron chi connectivity index (χ0n) is 12.4. The summed E-state index contributed by atoms with van der Waals surface area (Å²) in [6.45, 7) is 0.780. The van der Waals surface area contributed by atoms with Crippen molar-refractivity contribution in [1.29, 1.82) is 0 Å². The summed E-state index contributed by atoms with van der Waals surface area (Å²) in [5.41, 5.74) is 5.39. The minimum absolute atomic E-state index is 0.307. The Morgan fingerprint density at radius 1 is 1.32 bits per heavy atom. The van der Waals surface area contributed by atoms with Crippen LogP contribution in [0.2, 0.25) is 0 Å². The summed E-state index contributed by atoms with van der Waals surface area (Å²) in [7, 11) is 0. The predicted octanol–water partition coefficient (Wildman–Crippen LogP) is 3.06. The van der Waals surface area contributed by atoms with Gasteiger partial charge in [0.25, 0.3) is 0 Å². The summed E-state index contributed by atoms with van der Waals surface area (Å²) in [6, 6.07) is 8.65. The van der Waals surface area contributed by atoms with Crippen LogP contribution in [0.5, 0.6) is 0 Å². The zero-order valence-corrected chi connectivity index (χ0v) is 12.4. The molecule has 1 aliphatic carbocycles. The van der Waals surface area contributed by atoms with E-state index in [1.165, 1.54) is 16.8 Å². The topological polar surface area (TPSA) is 52.6 Å². The van der Waals surface area contributed by atoms with Crippen molar-refractivity contribution in [2.45, 2.75) is 25.3 Å². The van der Waals surface area contributed by atoms with Crippen LogP contribution in [-0.4, -0.2) is 23.7 Å². The van der Waals surface area contributed by atoms with E-state index in [1.807, 2.05) is 12.1 Å². The summed E-state index contributed by atoms with van der Waals surface area (Å²) in [4.78, 5) is 13.6. The minimum Gasteiger partial charge on any atom is -0.364 e. The smallest absolute Gasteiger partial charge is 0.243 e. The molecule has 0 radical (unpaired) electrons. The fourth-order valence-corrected chi connectivity index (χ4v) is 3.09. The summed E-state index contributed by atoms with van der Waals surface area (Å²) in [6.07, 6.45) is 12.8. The van der Waals surface area contributed by atoms with E-state index >= 15 is 0 Å². The molecule has 0 saturated carbocycles. The van der Waals surface area contributed by atoms with Crippen LogP contribution in [0.1, 0.15) is 24.8 Å². The molecule has 0 aromatic heterocycles. The molecule has 1 aromatic rings. The third-order valence-electron chi connectivity index (χ3n) is 4.17. The van der Waals surface area contributed by atoms with Crippen LogP contribution in [0, 0.1) is 0 Å². The Kier molecular flexibility index (Phi) is 4.39. The van der Waals surface area contributed by atoms with Crippen LogP contribution in [0.4, 0.5) is 5.69 Å². The van der Waals surface area contributed by atoms with E-state index in [-0.39, 0.29) is 5.91 Å². The lowest BCUT2D eigenvalue weighted by Crippen LogP contribution is -2.38. The number of fused-ring (bicyclic) bond motifs is 2. The molecule has 1 unspecified atom stereocenters. The van der Waals surface area contributed by atoms with E-state index in [0.29, 0.717) is 18.9 Å². The van der Waals surface area contributed by atoms with E-state index in [2.05, 4.69) is 47.4 Å². The number of para-hydroxylation sites is 1. The van der Waals surface area contributed by atoms with Gasteiger partial charge in [-0.05, 0) is 30.0 Å². The summed E-state index contributed by atoms with van der Waals surface area (Å²) < 4.78 is 0. The number of carbonyl (C=O) groups excluding carboxylic acids is 1. The van der Waals surface area contributed by atoms with Crippen molar-refractivity contribution in [3.63, 3.8) is 0 Å². The zero-order chi connectivity index (χ0) is 15.4. The molecule has 4 nitrogen and oxygen atoms in total. The first-order valence-electron chi connectivity index (χ1n) is 7.63. The highest BCUT2D eigenvalue weighted by atomic mass is 16.5. The van der Waals surface area contributed by atoms with E-state index in [9.17, 15) is 4.79 Å². The van der Waals surface area contributed by atoms with Crippen LogP contribution in [-0.2, 0) is 4.79 Å². The number of hydrogen-bond donors (Lipinski definition) is 2. The molecular formula is C18H20N2O2. The van der Waals surface area contributed by atoms with Crippen molar-refractivity contribution in [2.75, 3.05) is 11.4 Å². The lowest BCUT2D eigenvalue weighted by Gasteiger charge is -2.35. The molecule has 3 rings (SSSR count). The fraction of sp³-hybridized carbons (Fsp3) is 0.278. The van der Waals surface area contributed by atoms with Gasteiger partial charge in [0.15, 0.2) is 0 Å². The maximum Gasteiger partial charge on any atom is 0.243 e. The van der Waals surface area contributed by atoms with Gasteiger partial charge in [-0.2, -0.15) is 0 Å². The van der Waals surface area contributed by atoms with E-state index in [1.54, 1.807) is 5.48 Å². The number of nitrogens with one attached hydrogen (secondary N) is 1. The largest absolute Gasteiger partial charge is 0.364 e. The second kappa shape index (κ2) is 6.62. The Morgan fingerprint density at radius 3 is 3.05 bits per heavy atom. The Bertz CT molecular complexity index is 646. The summed E-state index contributed by atoms with van der Waals surface area (Å²) in [5.74, 6) is -0.333. The SMILES string of the molecule is O=C(CCCN1c2ccccc2C=CC2=CC=CCC21)NO. The first-order chi connectivity index (χ1) is 10.8. The number of benzene rings is 1.